The second-order valence-corrected chi connectivity index (χ2v) is 2.46. The Balaban J connectivity index is 2.87. The summed E-state index contributed by atoms with van der Waals surface area (Å²) in [6.07, 6.45) is 0. The van der Waals surface area contributed by atoms with Gasteiger partial charge in [0.15, 0.2) is 0 Å². The lowest BCUT2D eigenvalue weighted by atomic mass is 10.3. The number of rotatable bonds is 0. The molecule has 0 aliphatic rings. The van der Waals surface area contributed by atoms with E-state index in [1.54, 1.807) is 4.68 Å². The normalized spacial score (nSPS) is 10.6. The van der Waals surface area contributed by atoms with Crippen molar-refractivity contribution >= 4 is 16.7 Å². The average Bonchev–Trinajstić information content (AvgIpc) is 2.33. The van der Waals surface area contributed by atoms with Crippen LogP contribution in [0.15, 0.2) is 18.2 Å². The zero-order chi connectivity index (χ0) is 7.84. The van der Waals surface area contributed by atoms with Gasteiger partial charge in [0, 0.05) is 12.7 Å². The molecule has 0 saturated heterocycles. The van der Waals surface area contributed by atoms with Gasteiger partial charge in [-0.15, -0.1) is 5.10 Å². The summed E-state index contributed by atoms with van der Waals surface area (Å²) < 4.78 is 1.70. The predicted molar refractivity (Wildman–Crippen MR) is 42.9 cm³/mol. The summed E-state index contributed by atoms with van der Waals surface area (Å²) in [4.78, 5) is 0. The smallest absolute Gasteiger partial charge is 0.113 e. The first-order chi connectivity index (χ1) is 5.27. The molecule has 0 saturated carbocycles. The monoisotopic (exact) mass is 148 g/mol. The van der Waals surface area contributed by atoms with Gasteiger partial charge in [-0.1, -0.05) is 5.21 Å². The molecule has 0 unspecified atom stereocenters. The van der Waals surface area contributed by atoms with E-state index in [1.807, 2.05) is 25.2 Å². The molecule has 0 aliphatic carbocycles. The van der Waals surface area contributed by atoms with Crippen LogP contribution in [0.1, 0.15) is 0 Å². The summed E-state index contributed by atoms with van der Waals surface area (Å²) in [5.74, 6) is 0. The molecule has 4 nitrogen and oxygen atoms in total. The molecule has 1 heterocycles. The van der Waals surface area contributed by atoms with Crippen molar-refractivity contribution in [2.45, 2.75) is 0 Å². The minimum atomic E-state index is 0.739. The molecule has 2 N–H and O–H groups in total. The summed E-state index contributed by atoms with van der Waals surface area (Å²) in [7, 11) is 1.84. The summed E-state index contributed by atoms with van der Waals surface area (Å²) >= 11 is 0. The second kappa shape index (κ2) is 1.95. The van der Waals surface area contributed by atoms with Crippen LogP contribution in [0.3, 0.4) is 0 Å². The number of nitrogen functional groups attached to an aromatic ring is 1. The Morgan fingerprint density at radius 1 is 1.45 bits per heavy atom. The van der Waals surface area contributed by atoms with Gasteiger partial charge in [0.1, 0.15) is 5.52 Å². The van der Waals surface area contributed by atoms with Gasteiger partial charge < -0.3 is 5.73 Å². The number of nitrogens with two attached hydrogens (primary N) is 1. The largest absolute Gasteiger partial charge is 0.399 e. The van der Waals surface area contributed by atoms with E-state index in [4.69, 9.17) is 5.73 Å². The van der Waals surface area contributed by atoms with Crippen LogP contribution >= 0.6 is 0 Å². The number of nitrogens with zero attached hydrogens (tertiary/aromatic N) is 3. The summed E-state index contributed by atoms with van der Waals surface area (Å²) in [6.45, 7) is 0. The van der Waals surface area contributed by atoms with Gasteiger partial charge in [0.2, 0.25) is 0 Å². The molecule has 0 radical (unpaired) electrons. The van der Waals surface area contributed by atoms with E-state index in [0.29, 0.717) is 0 Å². The lowest BCUT2D eigenvalue weighted by Crippen LogP contribution is -1.90. The predicted octanol–water partition coefficient (Wildman–Crippen LogP) is 0.550. The fourth-order valence-electron chi connectivity index (χ4n) is 1.05. The lowest BCUT2D eigenvalue weighted by molar-refractivity contribution is 0.736. The number of benzene rings is 1. The van der Waals surface area contributed by atoms with Crippen molar-refractivity contribution < 1.29 is 0 Å². The fraction of sp³-hybridized carbons (Fsp3) is 0.143. The lowest BCUT2D eigenvalue weighted by Gasteiger charge is -1.92. The first-order valence-electron chi connectivity index (χ1n) is 3.32. The Kier molecular flexibility index (Phi) is 1.09. The molecule has 2 aromatic rings. The van der Waals surface area contributed by atoms with E-state index in [2.05, 4.69) is 10.3 Å². The highest BCUT2D eigenvalue weighted by Crippen LogP contribution is 2.12. The standard InChI is InChI=1S/C7H8N4/c1-11-7-4-5(8)2-3-6(7)9-10-11/h2-4H,8H2,1H3. The first-order valence-corrected chi connectivity index (χ1v) is 3.32. The maximum atomic E-state index is 5.58. The number of fused-ring (bicyclic) bond motifs is 1. The molecule has 0 bridgehead atoms. The Morgan fingerprint density at radius 3 is 3.09 bits per heavy atom. The van der Waals surface area contributed by atoms with Crippen LogP contribution in [-0.4, -0.2) is 15.0 Å². The zero-order valence-corrected chi connectivity index (χ0v) is 6.15. The summed E-state index contributed by atoms with van der Waals surface area (Å²) in [5, 5.41) is 7.76. The molecule has 0 atom stereocenters. The van der Waals surface area contributed by atoms with Gasteiger partial charge in [-0.3, -0.25) is 0 Å². The SMILES string of the molecule is Cn1nnc2ccc(N)cc21. The highest BCUT2D eigenvalue weighted by molar-refractivity contribution is 5.77. The topological polar surface area (TPSA) is 56.7 Å². The van der Waals surface area contributed by atoms with E-state index >= 15 is 0 Å². The van der Waals surface area contributed by atoms with Gasteiger partial charge in [0.05, 0.1) is 5.52 Å². The van der Waals surface area contributed by atoms with Crippen LogP contribution in [0.2, 0.25) is 0 Å². The van der Waals surface area contributed by atoms with Crippen molar-refractivity contribution in [3.05, 3.63) is 18.2 Å². The van der Waals surface area contributed by atoms with E-state index < -0.39 is 0 Å². The highest BCUT2D eigenvalue weighted by atomic mass is 15.4. The molecule has 0 spiro atoms. The van der Waals surface area contributed by atoms with Crippen molar-refractivity contribution in [2.75, 3.05) is 5.73 Å². The third-order valence-corrected chi connectivity index (χ3v) is 1.63. The minimum Gasteiger partial charge on any atom is -0.399 e. The van der Waals surface area contributed by atoms with Crippen LogP contribution in [-0.2, 0) is 7.05 Å². The molecule has 1 aromatic carbocycles. The third kappa shape index (κ3) is 0.832. The van der Waals surface area contributed by atoms with Crippen molar-refractivity contribution in [2.24, 2.45) is 7.05 Å². The van der Waals surface area contributed by atoms with Crippen LogP contribution in [0.5, 0.6) is 0 Å². The van der Waals surface area contributed by atoms with Crippen LogP contribution in [0.4, 0.5) is 5.69 Å². The Hall–Kier alpha value is -1.58. The average molecular weight is 148 g/mol. The summed E-state index contributed by atoms with van der Waals surface area (Å²) in [5.41, 5.74) is 8.16. The first kappa shape index (κ1) is 6.15. The van der Waals surface area contributed by atoms with Gasteiger partial charge >= 0.3 is 0 Å². The zero-order valence-electron chi connectivity index (χ0n) is 6.15. The van der Waals surface area contributed by atoms with Crippen molar-refractivity contribution in [3.8, 4) is 0 Å². The molecule has 0 aliphatic heterocycles. The van der Waals surface area contributed by atoms with Gasteiger partial charge in [-0.05, 0) is 18.2 Å². The number of aryl methyl sites for hydroxylation is 1. The fourth-order valence-corrected chi connectivity index (χ4v) is 1.05. The molecule has 56 valence electrons. The number of anilines is 1. The maximum Gasteiger partial charge on any atom is 0.113 e. The van der Waals surface area contributed by atoms with Crippen LogP contribution in [0, 0.1) is 0 Å². The second-order valence-electron chi connectivity index (χ2n) is 2.46. The van der Waals surface area contributed by atoms with Crippen molar-refractivity contribution in [1.82, 2.24) is 15.0 Å². The van der Waals surface area contributed by atoms with Crippen molar-refractivity contribution in [3.63, 3.8) is 0 Å². The van der Waals surface area contributed by atoms with Gasteiger partial charge in [0.25, 0.3) is 0 Å². The van der Waals surface area contributed by atoms with E-state index in [9.17, 15) is 0 Å². The summed E-state index contributed by atoms with van der Waals surface area (Å²) in [6, 6.07) is 5.53. The molecular formula is C7H8N4. The number of aromatic nitrogens is 3. The van der Waals surface area contributed by atoms with E-state index in [-0.39, 0.29) is 0 Å². The maximum absolute atomic E-state index is 5.58. The van der Waals surface area contributed by atoms with Crippen LogP contribution < -0.4 is 5.73 Å². The Morgan fingerprint density at radius 2 is 2.27 bits per heavy atom. The van der Waals surface area contributed by atoms with Gasteiger partial charge in [-0.2, -0.15) is 0 Å². The van der Waals surface area contributed by atoms with Crippen molar-refractivity contribution in [1.29, 1.82) is 0 Å². The third-order valence-electron chi connectivity index (χ3n) is 1.63. The van der Waals surface area contributed by atoms with E-state index in [0.717, 1.165) is 16.7 Å². The molecular weight excluding hydrogens is 140 g/mol. The molecule has 0 fully saturated rings. The minimum absolute atomic E-state index is 0.739. The van der Waals surface area contributed by atoms with E-state index in [1.165, 1.54) is 0 Å². The number of hydrogen-bond acceptors (Lipinski definition) is 3. The molecule has 1 aromatic heterocycles. The molecule has 0 amide bonds. The van der Waals surface area contributed by atoms with Gasteiger partial charge in [-0.25, -0.2) is 4.68 Å². The number of hydrogen-bond donors (Lipinski definition) is 1. The quantitative estimate of drug-likeness (QED) is 0.555. The molecule has 2 rings (SSSR count). The highest BCUT2D eigenvalue weighted by Gasteiger charge is 1.99. The molecule has 4 heteroatoms. The van der Waals surface area contributed by atoms with Crippen LogP contribution in [0.25, 0.3) is 11.0 Å². The molecule has 11 heavy (non-hydrogen) atoms. The Labute approximate surface area is 63.6 Å². The Bertz CT molecular complexity index is 390.